The quantitative estimate of drug-likeness (QED) is 0.625. The summed E-state index contributed by atoms with van der Waals surface area (Å²) in [6.07, 6.45) is 9.22. The molecule has 1 saturated heterocycles. The van der Waals surface area contributed by atoms with Crippen LogP contribution >= 0.6 is 0 Å². The second kappa shape index (κ2) is 9.88. The molecular weight excluding hydrogens is 400 g/mol. The summed E-state index contributed by atoms with van der Waals surface area (Å²) in [5.41, 5.74) is 3.30. The summed E-state index contributed by atoms with van der Waals surface area (Å²) < 4.78 is 6.05. The van der Waals surface area contributed by atoms with Gasteiger partial charge in [0.2, 0.25) is 11.9 Å². The molecular formula is C26H36N4O2. The van der Waals surface area contributed by atoms with Crippen molar-refractivity contribution in [1.29, 1.82) is 0 Å². The largest absolute Gasteiger partial charge is 0.494 e. The van der Waals surface area contributed by atoms with Crippen molar-refractivity contribution in [3.05, 3.63) is 47.3 Å². The van der Waals surface area contributed by atoms with Gasteiger partial charge in [-0.1, -0.05) is 6.07 Å². The first-order chi connectivity index (χ1) is 15.4. The van der Waals surface area contributed by atoms with E-state index in [0.29, 0.717) is 6.42 Å². The monoisotopic (exact) mass is 436 g/mol. The molecule has 2 fully saturated rings. The highest BCUT2D eigenvalue weighted by molar-refractivity contribution is 5.78. The molecule has 2 aliphatic rings. The summed E-state index contributed by atoms with van der Waals surface area (Å²) in [6, 6.07) is 6.08. The Morgan fingerprint density at radius 2 is 1.88 bits per heavy atom. The number of hydrogen-bond donors (Lipinski definition) is 0. The van der Waals surface area contributed by atoms with Crippen LogP contribution in [0.4, 0.5) is 5.95 Å². The highest BCUT2D eigenvalue weighted by Crippen LogP contribution is 2.49. The second-order valence-electron chi connectivity index (χ2n) is 9.73. The van der Waals surface area contributed by atoms with Gasteiger partial charge < -0.3 is 14.5 Å². The number of nitrogens with zero attached hydrogens (tertiary/aromatic N) is 4. The Morgan fingerprint density at radius 1 is 1.16 bits per heavy atom. The highest BCUT2D eigenvalue weighted by Gasteiger charge is 2.43. The Hall–Kier alpha value is -2.63. The molecule has 32 heavy (non-hydrogen) atoms. The second-order valence-corrected chi connectivity index (χ2v) is 9.73. The normalized spacial score (nSPS) is 20.8. The van der Waals surface area contributed by atoms with Gasteiger partial charge in [0.25, 0.3) is 0 Å². The van der Waals surface area contributed by atoms with E-state index in [4.69, 9.17) is 4.74 Å². The average molecular weight is 437 g/mol. The van der Waals surface area contributed by atoms with Crippen molar-refractivity contribution in [3.63, 3.8) is 0 Å². The maximum Gasteiger partial charge on any atom is 0.226 e. The summed E-state index contributed by atoms with van der Waals surface area (Å²) in [4.78, 5) is 24.9. The Bertz CT molecular complexity index is 920. The van der Waals surface area contributed by atoms with Gasteiger partial charge >= 0.3 is 0 Å². The van der Waals surface area contributed by atoms with Crippen molar-refractivity contribution in [2.75, 3.05) is 38.7 Å². The van der Waals surface area contributed by atoms with Gasteiger partial charge in [0.1, 0.15) is 5.75 Å². The first kappa shape index (κ1) is 22.6. The topological polar surface area (TPSA) is 58.6 Å². The number of ether oxygens (including phenoxy) is 1. The lowest BCUT2D eigenvalue weighted by Gasteiger charge is -2.32. The van der Waals surface area contributed by atoms with Crippen LogP contribution in [0.2, 0.25) is 0 Å². The third-order valence-corrected chi connectivity index (χ3v) is 7.08. The SMILES string of the molecule is Cc1cnc(N2CCC(C3CC3CCOc3ccc(CC(=O)N(C)C)c(C)c3)CC2)nc1. The van der Waals surface area contributed by atoms with E-state index in [0.717, 1.165) is 72.3 Å². The average Bonchev–Trinajstić information content (AvgIpc) is 3.55. The van der Waals surface area contributed by atoms with Crippen LogP contribution < -0.4 is 9.64 Å². The number of amides is 1. The molecule has 4 rings (SSSR count). The maximum atomic E-state index is 12.0. The molecule has 0 N–H and O–H groups in total. The predicted molar refractivity (Wildman–Crippen MR) is 127 cm³/mol. The minimum Gasteiger partial charge on any atom is -0.494 e. The van der Waals surface area contributed by atoms with Gasteiger partial charge in [-0.3, -0.25) is 4.79 Å². The standard InChI is InChI=1S/C26H36N4O2/c1-18-16-27-26(28-17-18)30-10-7-20(8-11-30)24-14-22(24)9-12-32-23-6-5-21(19(2)13-23)15-25(31)29(3)4/h5-6,13,16-17,20,22,24H,7-12,14-15H2,1-4H3. The van der Waals surface area contributed by atoms with E-state index >= 15 is 0 Å². The molecule has 1 amide bonds. The van der Waals surface area contributed by atoms with Crippen LogP contribution in [0, 0.1) is 31.6 Å². The van der Waals surface area contributed by atoms with Crippen molar-refractivity contribution in [1.82, 2.24) is 14.9 Å². The molecule has 1 aliphatic carbocycles. The Balaban J connectivity index is 1.17. The fourth-order valence-corrected chi connectivity index (χ4v) is 4.86. The molecule has 1 aliphatic heterocycles. The van der Waals surface area contributed by atoms with Crippen molar-refractivity contribution < 1.29 is 9.53 Å². The number of carbonyl (C=O) groups excluding carboxylic acids is 1. The van der Waals surface area contributed by atoms with Crippen LogP contribution in [0.25, 0.3) is 0 Å². The van der Waals surface area contributed by atoms with Gasteiger partial charge in [-0.05, 0) is 86.1 Å². The number of likely N-dealkylation sites (N-methyl/N-ethyl adjacent to an activating group) is 1. The lowest BCUT2D eigenvalue weighted by atomic mass is 9.90. The zero-order valence-corrected chi connectivity index (χ0v) is 19.9. The van der Waals surface area contributed by atoms with Gasteiger partial charge in [-0.2, -0.15) is 0 Å². The Morgan fingerprint density at radius 3 is 2.53 bits per heavy atom. The molecule has 6 nitrogen and oxygen atoms in total. The van der Waals surface area contributed by atoms with Crippen LogP contribution in [0.15, 0.2) is 30.6 Å². The molecule has 2 atom stereocenters. The van der Waals surface area contributed by atoms with Crippen LogP contribution in [0.3, 0.4) is 0 Å². The third kappa shape index (κ3) is 5.59. The van der Waals surface area contributed by atoms with E-state index in [2.05, 4.69) is 27.9 Å². The van der Waals surface area contributed by atoms with Gasteiger partial charge in [0, 0.05) is 39.6 Å². The fourth-order valence-electron chi connectivity index (χ4n) is 4.86. The van der Waals surface area contributed by atoms with E-state index in [-0.39, 0.29) is 5.91 Å². The van der Waals surface area contributed by atoms with Crippen molar-refractivity contribution in [3.8, 4) is 5.75 Å². The zero-order valence-electron chi connectivity index (χ0n) is 19.9. The van der Waals surface area contributed by atoms with Crippen molar-refractivity contribution in [2.45, 2.75) is 46.0 Å². The van der Waals surface area contributed by atoms with Gasteiger partial charge in [-0.25, -0.2) is 9.97 Å². The van der Waals surface area contributed by atoms with Gasteiger partial charge in [-0.15, -0.1) is 0 Å². The van der Waals surface area contributed by atoms with Crippen molar-refractivity contribution >= 4 is 11.9 Å². The summed E-state index contributed by atoms with van der Waals surface area (Å²) >= 11 is 0. The molecule has 1 saturated carbocycles. The van der Waals surface area contributed by atoms with E-state index in [9.17, 15) is 4.79 Å². The summed E-state index contributed by atoms with van der Waals surface area (Å²) in [6.45, 7) is 6.98. The Kier molecular flexibility index (Phi) is 6.97. The molecule has 2 heterocycles. The molecule has 0 bridgehead atoms. The lowest BCUT2D eigenvalue weighted by Crippen LogP contribution is -2.35. The molecule has 6 heteroatoms. The fraction of sp³-hybridized carbons (Fsp3) is 0.577. The summed E-state index contributed by atoms with van der Waals surface area (Å²) in [5, 5.41) is 0. The van der Waals surface area contributed by atoms with Crippen LogP contribution in [-0.4, -0.2) is 54.6 Å². The van der Waals surface area contributed by atoms with Crippen molar-refractivity contribution in [2.24, 2.45) is 17.8 Å². The Labute approximate surface area is 192 Å². The van der Waals surface area contributed by atoms with Gasteiger partial charge in [0.05, 0.1) is 13.0 Å². The van der Waals surface area contributed by atoms with E-state index in [1.165, 1.54) is 19.3 Å². The van der Waals surface area contributed by atoms with Crippen LogP contribution in [0.1, 0.15) is 42.4 Å². The number of rotatable bonds is 8. The van der Waals surface area contributed by atoms with Crippen LogP contribution in [0.5, 0.6) is 5.75 Å². The number of aromatic nitrogens is 2. The molecule has 0 spiro atoms. The number of anilines is 1. The number of benzene rings is 1. The smallest absolute Gasteiger partial charge is 0.226 e. The highest BCUT2D eigenvalue weighted by atomic mass is 16.5. The number of carbonyl (C=O) groups is 1. The predicted octanol–water partition coefficient (Wildman–Crippen LogP) is 4.05. The molecule has 1 aromatic heterocycles. The first-order valence-corrected chi connectivity index (χ1v) is 11.9. The number of aryl methyl sites for hydroxylation is 2. The minimum atomic E-state index is 0.124. The lowest BCUT2D eigenvalue weighted by molar-refractivity contribution is -0.127. The van der Waals surface area contributed by atoms with Gasteiger partial charge in [0.15, 0.2) is 0 Å². The van der Waals surface area contributed by atoms with E-state index in [1.807, 2.05) is 31.5 Å². The summed E-state index contributed by atoms with van der Waals surface area (Å²) in [5.74, 6) is 4.41. The molecule has 0 radical (unpaired) electrons. The molecule has 1 aromatic carbocycles. The molecule has 172 valence electrons. The first-order valence-electron chi connectivity index (χ1n) is 11.9. The minimum absolute atomic E-state index is 0.124. The maximum absolute atomic E-state index is 12.0. The zero-order chi connectivity index (χ0) is 22.7. The van der Waals surface area contributed by atoms with E-state index in [1.54, 1.807) is 19.0 Å². The third-order valence-electron chi connectivity index (χ3n) is 7.08. The number of hydrogen-bond acceptors (Lipinski definition) is 5. The van der Waals surface area contributed by atoms with E-state index < -0.39 is 0 Å². The number of piperidine rings is 1. The summed E-state index contributed by atoms with van der Waals surface area (Å²) in [7, 11) is 3.59. The molecule has 2 unspecified atom stereocenters. The van der Waals surface area contributed by atoms with Crippen LogP contribution in [-0.2, 0) is 11.2 Å². The molecule has 2 aromatic rings.